The number of hydrogen-bond donors (Lipinski definition) is 0. The fourth-order valence-corrected chi connectivity index (χ4v) is 4.50. The zero-order valence-electron chi connectivity index (χ0n) is 13.6. The van der Waals surface area contributed by atoms with Gasteiger partial charge in [0.1, 0.15) is 0 Å². The van der Waals surface area contributed by atoms with E-state index in [2.05, 4.69) is 13.8 Å². The average Bonchev–Trinajstić information content (AvgIpc) is 3.27. The summed E-state index contributed by atoms with van der Waals surface area (Å²) in [5, 5.41) is 0. The molecule has 0 aromatic heterocycles. The second-order valence-corrected chi connectivity index (χ2v) is 7.48. The molecule has 4 unspecified atom stereocenters. The van der Waals surface area contributed by atoms with Crippen LogP contribution in [0.2, 0.25) is 0 Å². The van der Waals surface area contributed by atoms with Crippen LogP contribution in [0, 0.1) is 23.7 Å². The Morgan fingerprint density at radius 2 is 1.90 bits per heavy atom. The molecule has 3 rings (SSSR count). The van der Waals surface area contributed by atoms with Gasteiger partial charge in [0.05, 0.1) is 24.7 Å². The van der Waals surface area contributed by atoms with E-state index in [1.54, 1.807) is 0 Å². The number of carbonyl (C=O) groups is 1. The lowest BCUT2D eigenvalue weighted by Gasteiger charge is -2.35. The van der Waals surface area contributed by atoms with Crippen molar-refractivity contribution in [3.63, 3.8) is 0 Å². The monoisotopic (exact) mass is 294 g/mol. The molecule has 0 N–H and O–H groups in total. The number of esters is 1. The van der Waals surface area contributed by atoms with Crippen molar-refractivity contribution in [1.82, 2.24) is 0 Å². The van der Waals surface area contributed by atoms with E-state index in [0.717, 1.165) is 43.4 Å². The van der Waals surface area contributed by atoms with Gasteiger partial charge in [-0.15, -0.1) is 0 Å². The maximum atomic E-state index is 12.0. The topological polar surface area (TPSA) is 38.8 Å². The number of hydrogen-bond acceptors (Lipinski definition) is 3. The van der Waals surface area contributed by atoms with Crippen molar-refractivity contribution in [2.45, 2.75) is 77.4 Å². The van der Waals surface area contributed by atoms with Crippen LogP contribution in [0.3, 0.4) is 0 Å². The van der Waals surface area contributed by atoms with Gasteiger partial charge in [-0.25, -0.2) is 0 Å². The maximum absolute atomic E-state index is 12.0. The minimum absolute atomic E-state index is 0.0597. The van der Waals surface area contributed by atoms with Crippen LogP contribution in [-0.4, -0.2) is 24.8 Å². The van der Waals surface area contributed by atoms with Gasteiger partial charge in [-0.2, -0.15) is 0 Å². The van der Waals surface area contributed by atoms with Crippen LogP contribution >= 0.6 is 0 Å². The van der Waals surface area contributed by atoms with E-state index in [1.807, 2.05) is 0 Å². The second kappa shape index (κ2) is 6.68. The molecular weight excluding hydrogens is 264 g/mol. The molecule has 4 atom stereocenters. The molecule has 2 aliphatic carbocycles. The lowest BCUT2D eigenvalue weighted by molar-refractivity contribution is -0.150. The molecule has 1 heterocycles. The van der Waals surface area contributed by atoms with Crippen LogP contribution < -0.4 is 0 Å². The Balaban J connectivity index is 1.41. The number of unbranched alkanes of at least 4 members (excludes halogenated alkanes) is 1. The highest BCUT2D eigenvalue weighted by atomic mass is 16.6. The summed E-state index contributed by atoms with van der Waals surface area (Å²) >= 11 is 0. The molecule has 3 heteroatoms. The maximum Gasteiger partial charge on any atom is 0.308 e. The third-order valence-corrected chi connectivity index (χ3v) is 5.91. The highest BCUT2D eigenvalue weighted by Crippen LogP contribution is 2.48. The summed E-state index contributed by atoms with van der Waals surface area (Å²) in [6.45, 7) is 5.07. The molecule has 1 aliphatic heterocycles. The average molecular weight is 294 g/mol. The molecule has 0 aromatic carbocycles. The van der Waals surface area contributed by atoms with E-state index >= 15 is 0 Å². The molecule has 1 saturated heterocycles. The van der Waals surface area contributed by atoms with Crippen molar-refractivity contribution in [3.8, 4) is 0 Å². The zero-order chi connectivity index (χ0) is 14.8. The Kier molecular flexibility index (Phi) is 4.88. The highest BCUT2D eigenvalue weighted by Gasteiger charge is 2.50. The summed E-state index contributed by atoms with van der Waals surface area (Å²) in [7, 11) is 0. The molecule has 3 aliphatic rings. The predicted molar refractivity (Wildman–Crippen MR) is 81.9 cm³/mol. The van der Waals surface area contributed by atoms with Gasteiger partial charge in [0.2, 0.25) is 0 Å². The molecule has 120 valence electrons. The first kappa shape index (κ1) is 15.3. The van der Waals surface area contributed by atoms with Crippen molar-refractivity contribution in [2.24, 2.45) is 23.7 Å². The first-order valence-corrected chi connectivity index (χ1v) is 9.01. The van der Waals surface area contributed by atoms with Crippen LogP contribution in [0.25, 0.3) is 0 Å². The van der Waals surface area contributed by atoms with Crippen LogP contribution in [0.4, 0.5) is 0 Å². The summed E-state index contributed by atoms with van der Waals surface area (Å²) < 4.78 is 11.1. The molecule has 0 aromatic rings. The Bertz CT molecular complexity index is 359. The summed E-state index contributed by atoms with van der Waals surface area (Å²) in [6.07, 6.45) is 10.3. The highest BCUT2D eigenvalue weighted by molar-refractivity contribution is 5.72. The van der Waals surface area contributed by atoms with E-state index in [1.165, 1.54) is 25.7 Å². The Morgan fingerprint density at radius 1 is 1.14 bits per heavy atom. The third kappa shape index (κ3) is 3.61. The lowest BCUT2D eigenvalue weighted by atomic mass is 9.69. The van der Waals surface area contributed by atoms with Gasteiger partial charge in [0.25, 0.3) is 0 Å². The van der Waals surface area contributed by atoms with Gasteiger partial charge in [-0.05, 0) is 62.7 Å². The Morgan fingerprint density at radius 3 is 2.57 bits per heavy atom. The van der Waals surface area contributed by atoms with Crippen LogP contribution in [0.5, 0.6) is 0 Å². The van der Waals surface area contributed by atoms with Gasteiger partial charge >= 0.3 is 5.97 Å². The summed E-state index contributed by atoms with van der Waals surface area (Å²) in [6, 6.07) is 0. The standard InChI is InChI=1S/C18H30O3/c1-3-4-9-20-18(19)14-7-5-13(6-8-14)15-10-12(2)17-16(11-15)21-17/h12-17H,3-11H2,1-2H3. The van der Waals surface area contributed by atoms with Gasteiger partial charge in [0, 0.05) is 0 Å². The number of epoxide rings is 1. The first-order chi connectivity index (χ1) is 10.2. The molecular formula is C18H30O3. The minimum atomic E-state index is 0.0597. The number of carbonyl (C=O) groups excluding carboxylic acids is 1. The summed E-state index contributed by atoms with van der Waals surface area (Å²) in [4.78, 5) is 12.0. The van der Waals surface area contributed by atoms with Crippen LogP contribution in [0.1, 0.15) is 65.2 Å². The minimum Gasteiger partial charge on any atom is -0.465 e. The molecule has 0 spiro atoms. The first-order valence-electron chi connectivity index (χ1n) is 9.01. The molecule has 2 saturated carbocycles. The van der Waals surface area contributed by atoms with Gasteiger partial charge in [-0.1, -0.05) is 20.3 Å². The lowest BCUT2D eigenvalue weighted by Crippen LogP contribution is -2.31. The van der Waals surface area contributed by atoms with Gasteiger partial charge < -0.3 is 9.47 Å². The van der Waals surface area contributed by atoms with E-state index in [9.17, 15) is 4.79 Å². The quantitative estimate of drug-likeness (QED) is 0.438. The molecule has 3 nitrogen and oxygen atoms in total. The Labute approximate surface area is 128 Å². The fraction of sp³-hybridized carbons (Fsp3) is 0.944. The van der Waals surface area contributed by atoms with Crippen molar-refractivity contribution >= 4 is 5.97 Å². The normalized spacial score (nSPS) is 42.2. The van der Waals surface area contributed by atoms with Gasteiger partial charge in [-0.3, -0.25) is 4.79 Å². The van der Waals surface area contributed by atoms with E-state index in [0.29, 0.717) is 18.8 Å². The predicted octanol–water partition coefficient (Wildman–Crippen LogP) is 3.95. The Hall–Kier alpha value is -0.570. The molecule has 0 radical (unpaired) electrons. The van der Waals surface area contributed by atoms with E-state index in [4.69, 9.17) is 9.47 Å². The van der Waals surface area contributed by atoms with Crippen molar-refractivity contribution in [1.29, 1.82) is 0 Å². The van der Waals surface area contributed by atoms with Crippen LogP contribution in [-0.2, 0) is 14.3 Å². The van der Waals surface area contributed by atoms with E-state index < -0.39 is 0 Å². The fourth-order valence-electron chi connectivity index (χ4n) is 4.50. The molecule has 3 fully saturated rings. The molecule has 0 amide bonds. The summed E-state index contributed by atoms with van der Waals surface area (Å²) in [5.74, 6) is 2.62. The summed E-state index contributed by atoms with van der Waals surface area (Å²) in [5.41, 5.74) is 0. The zero-order valence-corrected chi connectivity index (χ0v) is 13.6. The van der Waals surface area contributed by atoms with Crippen molar-refractivity contribution < 1.29 is 14.3 Å². The number of rotatable bonds is 5. The van der Waals surface area contributed by atoms with Crippen molar-refractivity contribution in [3.05, 3.63) is 0 Å². The van der Waals surface area contributed by atoms with Crippen molar-refractivity contribution in [2.75, 3.05) is 6.61 Å². The van der Waals surface area contributed by atoms with Gasteiger partial charge in [0.15, 0.2) is 0 Å². The van der Waals surface area contributed by atoms with Crippen LogP contribution in [0.15, 0.2) is 0 Å². The number of ether oxygens (including phenoxy) is 2. The van der Waals surface area contributed by atoms with E-state index in [-0.39, 0.29) is 11.9 Å². The molecule has 21 heavy (non-hydrogen) atoms. The third-order valence-electron chi connectivity index (χ3n) is 5.91. The largest absolute Gasteiger partial charge is 0.465 e. The molecule has 0 bridgehead atoms. The second-order valence-electron chi connectivity index (χ2n) is 7.48. The SMILES string of the molecule is CCCCOC(=O)C1CCC(C2CC(C)C3OC3C2)CC1. The smallest absolute Gasteiger partial charge is 0.308 e. The number of fused-ring (bicyclic) bond motifs is 1.